The summed E-state index contributed by atoms with van der Waals surface area (Å²) in [6.45, 7) is 4.83. The van der Waals surface area contributed by atoms with Crippen LogP contribution in [-0.4, -0.2) is 76.4 Å². The molecule has 11 heteroatoms. The molecule has 1 amide bonds. The number of aliphatic hydroxyl groups excluding tert-OH is 1. The van der Waals surface area contributed by atoms with E-state index in [2.05, 4.69) is 32.0 Å². The van der Waals surface area contributed by atoms with Crippen LogP contribution >= 0.6 is 0 Å². The highest BCUT2D eigenvalue weighted by atomic mass is 16.5. The molecular formula is C25H30N6O5. The topological polar surface area (TPSA) is 140 Å². The average molecular weight is 495 g/mol. The molecule has 0 aliphatic carbocycles. The van der Waals surface area contributed by atoms with Crippen LogP contribution in [0.5, 0.6) is 5.75 Å². The maximum absolute atomic E-state index is 12.1. The number of carbonyl (C=O) groups excluding carboxylic acids is 1. The third-order valence-corrected chi connectivity index (χ3v) is 6.44. The number of ether oxygens (including phenoxy) is 2. The molecule has 190 valence electrons. The molecule has 3 aromatic rings. The molecule has 0 saturated carbocycles. The van der Waals surface area contributed by atoms with E-state index in [-0.39, 0.29) is 12.1 Å². The molecule has 0 radical (unpaired) electrons. The number of aliphatic hydroxyl groups is 1. The minimum Gasteiger partial charge on any atom is -0.486 e. The number of amides is 1. The second kappa shape index (κ2) is 11.0. The van der Waals surface area contributed by atoms with Crippen molar-refractivity contribution >= 4 is 11.9 Å². The maximum atomic E-state index is 12.1. The third-order valence-electron chi connectivity index (χ3n) is 6.44. The molecule has 2 aliphatic rings. The van der Waals surface area contributed by atoms with Gasteiger partial charge in [-0.05, 0) is 29.7 Å². The molecular weight excluding hydrogens is 464 g/mol. The Labute approximate surface area is 208 Å². The molecule has 36 heavy (non-hydrogen) atoms. The zero-order valence-electron chi connectivity index (χ0n) is 20.0. The van der Waals surface area contributed by atoms with Crippen LogP contribution in [0.3, 0.4) is 0 Å². The zero-order valence-corrected chi connectivity index (χ0v) is 20.0. The number of morpholine rings is 1. The van der Waals surface area contributed by atoms with Crippen molar-refractivity contribution in [3.8, 4) is 5.75 Å². The number of aromatic nitrogens is 3. The molecule has 11 nitrogen and oxygen atoms in total. The first-order valence-electron chi connectivity index (χ1n) is 12.1. The van der Waals surface area contributed by atoms with Crippen LogP contribution in [0.15, 0.2) is 41.4 Å². The van der Waals surface area contributed by atoms with Crippen LogP contribution in [0.2, 0.25) is 0 Å². The van der Waals surface area contributed by atoms with Gasteiger partial charge in [0.25, 0.3) is 5.91 Å². The quantitative estimate of drug-likeness (QED) is 0.442. The number of β-amino-alcohol motifs (C(OH)–C–C–N with tert-alkyl or cyclic N) is 1. The Hall–Kier alpha value is -3.54. The average Bonchev–Trinajstić information content (AvgIpc) is 3.42. The number of hydrogen-bond acceptors (Lipinski definition) is 10. The summed E-state index contributed by atoms with van der Waals surface area (Å²) in [6.07, 6.45) is 5.04. The van der Waals surface area contributed by atoms with Crippen LogP contribution in [0.1, 0.15) is 32.9 Å². The fourth-order valence-corrected chi connectivity index (χ4v) is 4.59. The van der Waals surface area contributed by atoms with Crippen molar-refractivity contribution in [3.63, 3.8) is 0 Å². The van der Waals surface area contributed by atoms with Gasteiger partial charge in [0.2, 0.25) is 5.95 Å². The first-order valence-corrected chi connectivity index (χ1v) is 12.1. The van der Waals surface area contributed by atoms with E-state index >= 15 is 0 Å². The summed E-state index contributed by atoms with van der Waals surface area (Å²) in [5.74, 6) is 1.30. The summed E-state index contributed by atoms with van der Waals surface area (Å²) in [5.41, 5.74) is 8.76. The minimum atomic E-state index is -0.688. The van der Waals surface area contributed by atoms with Crippen molar-refractivity contribution in [1.29, 1.82) is 0 Å². The van der Waals surface area contributed by atoms with Gasteiger partial charge in [-0.25, -0.2) is 15.0 Å². The molecule has 4 heterocycles. The smallest absolute Gasteiger partial charge is 0.267 e. The second-order valence-electron chi connectivity index (χ2n) is 9.04. The van der Waals surface area contributed by atoms with E-state index in [1.54, 1.807) is 12.4 Å². The number of nitrogens with two attached hydrogens (primary N) is 1. The fraction of sp³-hybridized carbons (Fsp3) is 0.440. The van der Waals surface area contributed by atoms with Gasteiger partial charge in [-0.1, -0.05) is 6.07 Å². The van der Waals surface area contributed by atoms with Gasteiger partial charge in [-0.3, -0.25) is 9.69 Å². The number of benzene rings is 1. The largest absolute Gasteiger partial charge is 0.486 e. The van der Waals surface area contributed by atoms with Crippen molar-refractivity contribution < 1.29 is 23.8 Å². The molecule has 1 saturated heterocycles. The van der Waals surface area contributed by atoms with Gasteiger partial charge < -0.3 is 29.6 Å². The predicted octanol–water partition coefficient (Wildman–Crippen LogP) is 0.941. The Bertz CT molecular complexity index is 1180. The first kappa shape index (κ1) is 24.2. The summed E-state index contributed by atoms with van der Waals surface area (Å²) in [6, 6.07) is 6.07. The molecule has 5 rings (SSSR count). The highest BCUT2D eigenvalue weighted by Crippen LogP contribution is 2.25. The number of anilines is 1. The number of carbonyl (C=O) groups is 1. The lowest BCUT2D eigenvalue weighted by Crippen LogP contribution is -2.38. The van der Waals surface area contributed by atoms with Gasteiger partial charge in [0.05, 0.1) is 25.5 Å². The Morgan fingerprint density at radius 1 is 1.19 bits per heavy atom. The number of nitrogens with zero attached hydrogens (tertiary/aromatic N) is 5. The highest BCUT2D eigenvalue weighted by Gasteiger charge is 2.23. The maximum Gasteiger partial charge on any atom is 0.267 e. The Kier molecular flexibility index (Phi) is 7.40. The zero-order chi connectivity index (χ0) is 24.9. The van der Waals surface area contributed by atoms with Crippen molar-refractivity contribution in [2.45, 2.75) is 32.1 Å². The van der Waals surface area contributed by atoms with Gasteiger partial charge in [0.15, 0.2) is 12.2 Å². The minimum absolute atomic E-state index is 0.160. The lowest BCUT2D eigenvalue weighted by molar-refractivity contribution is 0.0983. The monoisotopic (exact) mass is 494 g/mol. The number of hydrogen-bond donors (Lipinski definition) is 2. The van der Waals surface area contributed by atoms with E-state index in [1.165, 1.54) is 17.5 Å². The van der Waals surface area contributed by atoms with Crippen LogP contribution in [-0.2, 0) is 30.7 Å². The van der Waals surface area contributed by atoms with Crippen molar-refractivity contribution in [1.82, 2.24) is 19.9 Å². The predicted molar refractivity (Wildman–Crippen MR) is 130 cm³/mol. The molecule has 1 aromatic carbocycles. The van der Waals surface area contributed by atoms with Crippen molar-refractivity contribution in [2.24, 2.45) is 5.73 Å². The molecule has 2 aliphatic heterocycles. The molecule has 1 atom stereocenters. The molecule has 0 spiro atoms. The normalized spacial score (nSPS) is 17.0. The Morgan fingerprint density at radius 2 is 2.06 bits per heavy atom. The van der Waals surface area contributed by atoms with Crippen LogP contribution in [0.4, 0.5) is 5.95 Å². The van der Waals surface area contributed by atoms with E-state index in [1.807, 2.05) is 11.0 Å². The van der Waals surface area contributed by atoms with Crippen LogP contribution in [0.25, 0.3) is 0 Å². The van der Waals surface area contributed by atoms with E-state index in [4.69, 9.17) is 19.6 Å². The van der Waals surface area contributed by atoms with Crippen molar-refractivity contribution in [3.05, 3.63) is 65.1 Å². The van der Waals surface area contributed by atoms with Crippen LogP contribution < -0.4 is 15.4 Å². The van der Waals surface area contributed by atoms with Gasteiger partial charge in [-0.15, -0.1) is 0 Å². The molecule has 1 unspecified atom stereocenters. The van der Waals surface area contributed by atoms with Gasteiger partial charge in [0.1, 0.15) is 18.1 Å². The molecule has 0 bridgehead atoms. The first-order chi connectivity index (χ1) is 17.5. The number of fused-ring (bicyclic) bond motifs is 1. The van der Waals surface area contributed by atoms with E-state index in [9.17, 15) is 9.90 Å². The number of oxazole rings is 1. The van der Waals surface area contributed by atoms with Gasteiger partial charge in [-0.2, -0.15) is 0 Å². The fourth-order valence-electron chi connectivity index (χ4n) is 4.59. The molecule has 1 fully saturated rings. The number of primary amides is 1. The Balaban J connectivity index is 1.18. The van der Waals surface area contributed by atoms with Gasteiger partial charge in [0, 0.05) is 50.9 Å². The second-order valence-corrected chi connectivity index (χ2v) is 9.04. The van der Waals surface area contributed by atoms with E-state index < -0.39 is 12.0 Å². The summed E-state index contributed by atoms with van der Waals surface area (Å²) in [5, 5.41) is 10.8. The summed E-state index contributed by atoms with van der Waals surface area (Å²) in [7, 11) is 0. The lowest BCUT2D eigenvalue weighted by atomic mass is 9.98. The summed E-state index contributed by atoms with van der Waals surface area (Å²) < 4.78 is 16.4. The van der Waals surface area contributed by atoms with Crippen LogP contribution in [0, 0.1) is 0 Å². The molecule has 3 N–H and O–H groups in total. The number of rotatable bonds is 9. The molecule has 2 aromatic heterocycles. The van der Waals surface area contributed by atoms with Gasteiger partial charge >= 0.3 is 0 Å². The summed E-state index contributed by atoms with van der Waals surface area (Å²) in [4.78, 5) is 29.0. The standard InChI is InChI=1S/C25H30N6O5/c26-24(33)23-19(11-28-25(29-23)31-5-7-34-8-6-31)9-20(32)14-30-4-3-17-10-21(2-1-18(17)13-30)35-15-22-12-27-16-36-22/h1-2,10-12,16,20,32H,3-9,13-15H2,(H2,26,33). The summed E-state index contributed by atoms with van der Waals surface area (Å²) >= 11 is 0. The van der Waals surface area contributed by atoms with E-state index in [0.717, 1.165) is 25.3 Å². The lowest BCUT2D eigenvalue weighted by Gasteiger charge is -2.31. The highest BCUT2D eigenvalue weighted by molar-refractivity contribution is 5.92. The van der Waals surface area contributed by atoms with Crippen molar-refractivity contribution in [2.75, 3.05) is 44.3 Å². The van der Waals surface area contributed by atoms with E-state index in [0.29, 0.717) is 56.7 Å². The Morgan fingerprint density at radius 3 is 2.83 bits per heavy atom. The SMILES string of the molecule is NC(=O)c1nc(N2CCOCC2)ncc1CC(O)CN1CCc2cc(OCc3cnco3)ccc2C1. The third kappa shape index (κ3) is 5.81.